The standard InChI is InChI=1S/C18H29N3O3S/c1-14(2)20-18(22)19-11-8-16-9-12-21(13-10-16)25(23,24)17-6-4-15(3)5-7-17/h4-7,14,16H,8-13H2,1-3H3,(H2,19,20,22). The zero-order valence-electron chi connectivity index (χ0n) is 15.3. The smallest absolute Gasteiger partial charge is 0.314 e. The number of urea groups is 1. The van der Waals surface area contributed by atoms with Crippen molar-refractivity contribution in [3.05, 3.63) is 29.8 Å². The molecule has 2 amide bonds. The highest BCUT2D eigenvalue weighted by atomic mass is 32.2. The molecule has 0 aliphatic carbocycles. The lowest BCUT2D eigenvalue weighted by molar-refractivity contribution is 0.234. The molecule has 140 valence electrons. The molecule has 6 nitrogen and oxygen atoms in total. The van der Waals surface area contributed by atoms with Gasteiger partial charge >= 0.3 is 6.03 Å². The average molecular weight is 368 g/mol. The van der Waals surface area contributed by atoms with Gasteiger partial charge in [0.25, 0.3) is 0 Å². The van der Waals surface area contributed by atoms with Crippen LogP contribution in [0.1, 0.15) is 38.7 Å². The number of carbonyl (C=O) groups excluding carboxylic acids is 1. The van der Waals surface area contributed by atoms with Gasteiger partial charge in [0.2, 0.25) is 10.0 Å². The summed E-state index contributed by atoms with van der Waals surface area (Å²) in [5, 5.41) is 5.64. The van der Waals surface area contributed by atoms with Gasteiger partial charge in [0, 0.05) is 25.7 Å². The van der Waals surface area contributed by atoms with E-state index in [1.54, 1.807) is 16.4 Å². The topological polar surface area (TPSA) is 78.5 Å². The molecule has 0 aromatic heterocycles. The first kappa shape index (κ1) is 19.7. The number of carbonyl (C=O) groups is 1. The Kier molecular flexibility index (Phi) is 6.84. The number of aryl methyl sites for hydroxylation is 1. The molecule has 1 saturated heterocycles. The second-order valence-electron chi connectivity index (χ2n) is 7.00. The van der Waals surface area contributed by atoms with Crippen molar-refractivity contribution in [3.63, 3.8) is 0 Å². The van der Waals surface area contributed by atoms with Crippen molar-refractivity contribution in [1.82, 2.24) is 14.9 Å². The molecule has 0 bridgehead atoms. The van der Waals surface area contributed by atoms with E-state index in [4.69, 9.17) is 0 Å². The van der Waals surface area contributed by atoms with Gasteiger partial charge < -0.3 is 10.6 Å². The predicted molar refractivity (Wildman–Crippen MR) is 98.9 cm³/mol. The highest BCUT2D eigenvalue weighted by Gasteiger charge is 2.29. The summed E-state index contributed by atoms with van der Waals surface area (Å²) < 4.78 is 26.9. The Balaban J connectivity index is 1.79. The van der Waals surface area contributed by atoms with Gasteiger partial charge in [-0.25, -0.2) is 13.2 Å². The molecule has 1 aliphatic heterocycles. The average Bonchev–Trinajstić information content (AvgIpc) is 2.55. The lowest BCUT2D eigenvalue weighted by Crippen LogP contribution is -2.41. The van der Waals surface area contributed by atoms with Crippen molar-refractivity contribution in [2.75, 3.05) is 19.6 Å². The summed E-state index contributed by atoms with van der Waals surface area (Å²) in [6, 6.07) is 6.98. The van der Waals surface area contributed by atoms with Gasteiger partial charge in [0.05, 0.1) is 4.90 Å². The zero-order chi connectivity index (χ0) is 18.4. The maximum Gasteiger partial charge on any atom is 0.314 e. The summed E-state index contributed by atoms with van der Waals surface area (Å²) in [7, 11) is -3.40. The normalized spacial score (nSPS) is 16.8. The molecule has 1 heterocycles. The van der Waals surface area contributed by atoms with E-state index in [2.05, 4.69) is 10.6 Å². The lowest BCUT2D eigenvalue weighted by atomic mass is 9.95. The van der Waals surface area contributed by atoms with Gasteiger partial charge in [0.15, 0.2) is 0 Å². The first-order valence-corrected chi connectivity index (χ1v) is 10.3. The van der Waals surface area contributed by atoms with Gasteiger partial charge in [-0.2, -0.15) is 4.31 Å². The molecule has 1 aromatic carbocycles. The first-order chi connectivity index (χ1) is 11.8. The lowest BCUT2D eigenvalue weighted by Gasteiger charge is -2.31. The van der Waals surface area contributed by atoms with Gasteiger partial charge in [0.1, 0.15) is 0 Å². The number of piperidine rings is 1. The Labute approximate surface area is 151 Å². The molecule has 0 spiro atoms. The third-order valence-corrected chi connectivity index (χ3v) is 6.40. The summed E-state index contributed by atoms with van der Waals surface area (Å²) in [6.45, 7) is 7.48. The third kappa shape index (κ3) is 5.71. The van der Waals surface area contributed by atoms with Crippen LogP contribution < -0.4 is 10.6 Å². The molecule has 2 N–H and O–H groups in total. The van der Waals surface area contributed by atoms with E-state index >= 15 is 0 Å². The molecule has 0 atom stereocenters. The van der Waals surface area contributed by atoms with E-state index in [-0.39, 0.29) is 12.1 Å². The molecule has 1 aromatic rings. The Morgan fingerprint density at radius 2 is 1.80 bits per heavy atom. The number of hydrogen-bond acceptors (Lipinski definition) is 3. The Morgan fingerprint density at radius 1 is 1.20 bits per heavy atom. The van der Waals surface area contributed by atoms with Gasteiger partial charge in [-0.05, 0) is 58.1 Å². The monoisotopic (exact) mass is 367 g/mol. The Hall–Kier alpha value is -1.60. The van der Waals surface area contributed by atoms with Gasteiger partial charge in [-0.1, -0.05) is 17.7 Å². The maximum atomic E-state index is 12.7. The summed E-state index contributed by atoms with van der Waals surface area (Å²) in [5.41, 5.74) is 1.05. The van der Waals surface area contributed by atoms with Crippen LogP contribution in [0, 0.1) is 12.8 Å². The van der Waals surface area contributed by atoms with Crippen LogP contribution in [0.4, 0.5) is 4.79 Å². The molecule has 0 radical (unpaired) electrons. The van der Waals surface area contributed by atoms with Crippen LogP contribution in [0.3, 0.4) is 0 Å². The summed E-state index contributed by atoms with van der Waals surface area (Å²) in [6.07, 6.45) is 2.54. The van der Waals surface area contributed by atoms with Crippen LogP contribution >= 0.6 is 0 Å². The number of sulfonamides is 1. The van der Waals surface area contributed by atoms with E-state index < -0.39 is 10.0 Å². The number of nitrogens with one attached hydrogen (secondary N) is 2. The summed E-state index contributed by atoms with van der Waals surface area (Å²) in [5.74, 6) is 0.448. The minimum absolute atomic E-state index is 0.121. The van der Waals surface area contributed by atoms with Gasteiger partial charge in [-0.3, -0.25) is 0 Å². The Bertz CT molecular complexity index is 663. The molecule has 0 saturated carbocycles. The fourth-order valence-electron chi connectivity index (χ4n) is 3.00. The van der Waals surface area contributed by atoms with Crippen LogP contribution in [0.5, 0.6) is 0 Å². The molecule has 1 aliphatic rings. The van der Waals surface area contributed by atoms with Crippen molar-refractivity contribution in [1.29, 1.82) is 0 Å². The number of nitrogens with zero attached hydrogens (tertiary/aromatic N) is 1. The molecule has 7 heteroatoms. The minimum atomic E-state index is -3.40. The van der Waals surface area contributed by atoms with Crippen molar-refractivity contribution >= 4 is 16.1 Å². The fraction of sp³-hybridized carbons (Fsp3) is 0.611. The molecule has 0 unspecified atom stereocenters. The first-order valence-electron chi connectivity index (χ1n) is 8.90. The highest BCUT2D eigenvalue weighted by Crippen LogP contribution is 2.25. The Morgan fingerprint density at radius 3 is 2.36 bits per heavy atom. The fourth-order valence-corrected chi connectivity index (χ4v) is 4.47. The maximum absolute atomic E-state index is 12.7. The quantitative estimate of drug-likeness (QED) is 0.811. The number of benzene rings is 1. The van der Waals surface area contributed by atoms with E-state index in [1.165, 1.54) is 0 Å². The van der Waals surface area contributed by atoms with E-state index in [0.29, 0.717) is 30.4 Å². The number of amides is 2. The van der Waals surface area contributed by atoms with Gasteiger partial charge in [-0.15, -0.1) is 0 Å². The molecular weight excluding hydrogens is 338 g/mol. The summed E-state index contributed by atoms with van der Waals surface area (Å²) >= 11 is 0. The molecule has 1 fully saturated rings. The van der Waals surface area contributed by atoms with Crippen LogP contribution in [0.25, 0.3) is 0 Å². The highest BCUT2D eigenvalue weighted by molar-refractivity contribution is 7.89. The van der Waals surface area contributed by atoms with Crippen molar-refractivity contribution in [3.8, 4) is 0 Å². The SMILES string of the molecule is Cc1ccc(S(=O)(=O)N2CCC(CCNC(=O)NC(C)C)CC2)cc1. The second-order valence-corrected chi connectivity index (χ2v) is 8.94. The molecular formula is C18H29N3O3S. The van der Waals surface area contributed by atoms with Crippen LogP contribution in [0.2, 0.25) is 0 Å². The number of hydrogen-bond donors (Lipinski definition) is 2. The molecule has 2 rings (SSSR count). The second kappa shape index (κ2) is 8.67. The zero-order valence-corrected chi connectivity index (χ0v) is 16.1. The minimum Gasteiger partial charge on any atom is -0.338 e. The van der Waals surface area contributed by atoms with Crippen molar-refractivity contribution in [2.24, 2.45) is 5.92 Å². The van der Waals surface area contributed by atoms with E-state index in [1.807, 2.05) is 32.9 Å². The van der Waals surface area contributed by atoms with Crippen LogP contribution in [-0.4, -0.2) is 44.4 Å². The van der Waals surface area contributed by atoms with Crippen LogP contribution in [-0.2, 0) is 10.0 Å². The van der Waals surface area contributed by atoms with E-state index in [0.717, 1.165) is 24.8 Å². The number of rotatable bonds is 6. The van der Waals surface area contributed by atoms with Crippen LogP contribution in [0.15, 0.2) is 29.2 Å². The summed E-state index contributed by atoms with van der Waals surface area (Å²) in [4.78, 5) is 11.9. The molecule has 25 heavy (non-hydrogen) atoms. The van der Waals surface area contributed by atoms with E-state index in [9.17, 15) is 13.2 Å². The van der Waals surface area contributed by atoms with Crippen molar-refractivity contribution in [2.45, 2.75) is 51.0 Å². The largest absolute Gasteiger partial charge is 0.338 e. The van der Waals surface area contributed by atoms with Crippen molar-refractivity contribution < 1.29 is 13.2 Å². The third-order valence-electron chi connectivity index (χ3n) is 4.49. The predicted octanol–water partition coefficient (Wildman–Crippen LogP) is 2.49.